The summed E-state index contributed by atoms with van der Waals surface area (Å²) in [5.41, 5.74) is 0.938. The summed E-state index contributed by atoms with van der Waals surface area (Å²) in [5, 5.41) is 0. The first-order valence-corrected chi connectivity index (χ1v) is 7.45. The van der Waals surface area contributed by atoms with Gasteiger partial charge >= 0.3 is 0 Å². The van der Waals surface area contributed by atoms with E-state index in [2.05, 4.69) is 27.8 Å². The van der Waals surface area contributed by atoms with E-state index in [1.54, 1.807) is 23.5 Å². The van der Waals surface area contributed by atoms with Crippen molar-refractivity contribution in [3.63, 3.8) is 0 Å². The van der Waals surface area contributed by atoms with Gasteiger partial charge in [-0.05, 0) is 52.7 Å². The van der Waals surface area contributed by atoms with Crippen LogP contribution >= 0.6 is 27.3 Å². The van der Waals surface area contributed by atoms with Crippen LogP contribution in [0.1, 0.15) is 33.6 Å². The summed E-state index contributed by atoms with van der Waals surface area (Å²) in [5.74, 6) is 0.0534. The molecule has 0 aliphatic heterocycles. The van der Waals surface area contributed by atoms with E-state index in [9.17, 15) is 4.79 Å². The molecule has 0 radical (unpaired) electrons. The van der Waals surface area contributed by atoms with Crippen molar-refractivity contribution in [2.75, 3.05) is 0 Å². The number of carbonyl (C=O) groups is 1. The van der Waals surface area contributed by atoms with Crippen molar-refractivity contribution in [2.24, 2.45) is 0 Å². The molecule has 1 N–H and O–H groups in total. The van der Waals surface area contributed by atoms with Crippen LogP contribution in [-0.4, -0.2) is 10.8 Å². The number of nitrogens with one attached hydrogen (secondary N) is 1. The van der Waals surface area contributed by atoms with Crippen molar-refractivity contribution in [3.05, 3.63) is 50.4 Å². The largest absolute Gasteiger partial charge is 0.362 e. The van der Waals surface area contributed by atoms with Crippen molar-refractivity contribution < 1.29 is 4.79 Å². The number of halogens is 1. The molecule has 0 saturated carbocycles. The van der Waals surface area contributed by atoms with Gasteiger partial charge in [-0.1, -0.05) is 13.3 Å². The Morgan fingerprint density at radius 2 is 2.39 bits per heavy atom. The Kier molecular flexibility index (Phi) is 4.55. The number of ketones is 1. The molecule has 0 unspecified atom stereocenters. The highest BCUT2D eigenvalue weighted by atomic mass is 79.9. The van der Waals surface area contributed by atoms with E-state index in [-0.39, 0.29) is 5.78 Å². The van der Waals surface area contributed by atoms with Crippen LogP contribution in [0.2, 0.25) is 0 Å². The van der Waals surface area contributed by atoms with Crippen LogP contribution in [0, 0.1) is 0 Å². The van der Waals surface area contributed by atoms with E-state index in [0.29, 0.717) is 0 Å². The van der Waals surface area contributed by atoms with Crippen LogP contribution in [0.5, 0.6) is 0 Å². The van der Waals surface area contributed by atoms with Crippen LogP contribution in [0.3, 0.4) is 0 Å². The zero-order valence-electron chi connectivity index (χ0n) is 10.1. The average Bonchev–Trinajstić information content (AvgIpc) is 2.97. The van der Waals surface area contributed by atoms with E-state index in [4.69, 9.17) is 0 Å². The number of allylic oxidation sites excluding steroid dienone is 1. The Morgan fingerprint density at radius 3 is 3.06 bits per heavy atom. The number of carbonyl (C=O) groups excluding carboxylic acids is 1. The maximum Gasteiger partial charge on any atom is 0.195 e. The molecule has 2 aromatic heterocycles. The Bertz CT molecular complexity index is 554. The lowest BCUT2D eigenvalue weighted by Crippen LogP contribution is -1.88. The van der Waals surface area contributed by atoms with Gasteiger partial charge in [0.1, 0.15) is 0 Å². The number of H-pyrrole nitrogens is 1. The Morgan fingerprint density at radius 1 is 1.56 bits per heavy atom. The van der Waals surface area contributed by atoms with Gasteiger partial charge in [-0.25, -0.2) is 0 Å². The first-order chi connectivity index (χ1) is 8.70. The van der Waals surface area contributed by atoms with Crippen LogP contribution in [0.15, 0.2) is 34.9 Å². The molecule has 2 rings (SSSR count). The number of aromatic nitrogens is 1. The molecule has 0 spiro atoms. The van der Waals surface area contributed by atoms with Gasteiger partial charge in [0.2, 0.25) is 0 Å². The Hall–Kier alpha value is -1.13. The second-order valence-electron chi connectivity index (χ2n) is 3.95. The summed E-state index contributed by atoms with van der Waals surface area (Å²) in [6, 6.07) is 5.75. The Labute approximate surface area is 119 Å². The molecule has 0 aliphatic carbocycles. The maximum absolute atomic E-state index is 12.0. The minimum absolute atomic E-state index is 0.0534. The number of hydrogen-bond donors (Lipinski definition) is 1. The summed E-state index contributed by atoms with van der Waals surface area (Å²) in [4.78, 5) is 17.1. The first-order valence-electron chi connectivity index (χ1n) is 5.84. The highest BCUT2D eigenvalue weighted by Crippen LogP contribution is 2.29. The molecule has 18 heavy (non-hydrogen) atoms. The number of aromatic amines is 1. The normalized spacial score (nSPS) is 11.2. The van der Waals surface area contributed by atoms with Crippen LogP contribution in [0.25, 0.3) is 6.08 Å². The molecular weight excluding hydrogens is 310 g/mol. The minimum Gasteiger partial charge on any atom is -0.362 e. The second-order valence-corrected chi connectivity index (χ2v) is 5.95. The molecule has 2 heterocycles. The molecule has 0 bridgehead atoms. The third-order valence-corrected chi connectivity index (χ3v) is 4.69. The summed E-state index contributed by atoms with van der Waals surface area (Å²) >= 11 is 5.08. The quantitative estimate of drug-likeness (QED) is 0.628. The van der Waals surface area contributed by atoms with Crippen molar-refractivity contribution >= 4 is 39.1 Å². The molecule has 0 amide bonds. The second kappa shape index (κ2) is 6.16. The molecule has 4 heteroatoms. The fourth-order valence-electron chi connectivity index (χ4n) is 1.62. The number of hydrogen-bond acceptors (Lipinski definition) is 2. The van der Waals surface area contributed by atoms with Gasteiger partial charge in [-0.2, -0.15) is 0 Å². The van der Waals surface area contributed by atoms with Crippen molar-refractivity contribution in [1.82, 2.24) is 4.98 Å². The van der Waals surface area contributed by atoms with Gasteiger partial charge in [0, 0.05) is 21.2 Å². The lowest BCUT2D eigenvalue weighted by molar-refractivity contribution is 0.105. The molecule has 94 valence electrons. The van der Waals surface area contributed by atoms with Gasteiger partial charge in [0.15, 0.2) is 5.78 Å². The van der Waals surface area contributed by atoms with Crippen LogP contribution in [0.4, 0.5) is 0 Å². The van der Waals surface area contributed by atoms with Crippen LogP contribution < -0.4 is 0 Å². The smallest absolute Gasteiger partial charge is 0.195 e. The van der Waals surface area contributed by atoms with Gasteiger partial charge in [-0.3, -0.25) is 4.79 Å². The van der Waals surface area contributed by atoms with E-state index < -0.39 is 0 Å². The molecule has 2 aromatic rings. The standard InChI is InChI=1S/C14H14BrNOS/c1-2-4-13-11(15)9-14(18-13)12(17)7-6-10-5-3-8-16-10/h3,5-9,16H,2,4H2,1H3/b7-6+. The average molecular weight is 324 g/mol. The fraction of sp³-hybridized carbons (Fsp3) is 0.214. The summed E-state index contributed by atoms with van der Waals surface area (Å²) in [6.45, 7) is 2.14. The molecular formula is C14H14BrNOS. The van der Waals surface area contributed by atoms with Crippen LogP contribution in [-0.2, 0) is 6.42 Å². The first kappa shape index (κ1) is 13.3. The monoisotopic (exact) mass is 323 g/mol. The van der Waals surface area contributed by atoms with Crippen molar-refractivity contribution in [3.8, 4) is 0 Å². The molecule has 0 saturated heterocycles. The SMILES string of the molecule is CCCc1sc(C(=O)/C=C/c2ccc[nH]2)cc1Br. The molecule has 0 aromatic carbocycles. The molecule has 0 aliphatic rings. The Balaban J connectivity index is 2.11. The summed E-state index contributed by atoms with van der Waals surface area (Å²) in [6.07, 6.45) is 7.35. The van der Waals surface area contributed by atoms with Gasteiger partial charge in [0.25, 0.3) is 0 Å². The maximum atomic E-state index is 12.0. The predicted octanol–water partition coefficient (Wildman–Crippen LogP) is 4.69. The van der Waals surface area contributed by atoms with Gasteiger partial charge in [-0.15, -0.1) is 11.3 Å². The van der Waals surface area contributed by atoms with Gasteiger partial charge < -0.3 is 4.98 Å². The van der Waals surface area contributed by atoms with E-state index >= 15 is 0 Å². The van der Waals surface area contributed by atoms with Crippen molar-refractivity contribution in [2.45, 2.75) is 19.8 Å². The predicted molar refractivity (Wildman–Crippen MR) is 80.2 cm³/mol. The summed E-state index contributed by atoms with van der Waals surface area (Å²) < 4.78 is 1.05. The topological polar surface area (TPSA) is 32.9 Å². The van der Waals surface area contributed by atoms with Gasteiger partial charge in [0.05, 0.1) is 4.88 Å². The summed E-state index contributed by atoms with van der Waals surface area (Å²) in [7, 11) is 0. The van der Waals surface area contributed by atoms with E-state index in [1.165, 1.54) is 4.88 Å². The lowest BCUT2D eigenvalue weighted by atomic mass is 10.2. The van der Waals surface area contributed by atoms with E-state index in [0.717, 1.165) is 27.9 Å². The molecule has 2 nitrogen and oxygen atoms in total. The highest BCUT2D eigenvalue weighted by Gasteiger charge is 2.10. The minimum atomic E-state index is 0.0534. The lowest BCUT2D eigenvalue weighted by Gasteiger charge is -1.91. The number of thiophene rings is 1. The third kappa shape index (κ3) is 3.21. The highest BCUT2D eigenvalue weighted by molar-refractivity contribution is 9.10. The molecule has 0 atom stereocenters. The zero-order valence-corrected chi connectivity index (χ0v) is 12.5. The number of rotatable bonds is 5. The zero-order chi connectivity index (χ0) is 13.0. The third-order valence-electron chi connectivity index (χ3n) is 2.51. The molecule has 0 fully saturated rings. The van der Waals surface area contributed by atoms with Crippen molar-refractivity contribution in [1.29, 1.82) is 0 Å². The fourth-order valence-corrected chi connectivity index (χ4v) is 3.52. The number of aryl methyl sites for hydroxylation is 1. The van der Waals surface area contributed by atoms with E-state index in [1.807, 2.05) is 24.4 Å².